The van der Waals surface area contributed by atoms with Gasteiger partial charge in [-0.2, -0.15) is 0 Å². The Kier molecular flexibility index (Phi) is 16.4. The zero-order valence-corrected chi connectivity index (χ0v) is 33.8. The number of ether oxygens (including phenoxy) is 2. The number of nitrogens with one attached hydrogen (secondary N) is 4. The first-order valence-electron chi connectivity index (χ1n) is 19.9. The summed E-state index contributed by atoms with van der Waals surface area (Å²) in [5, 5.41) is 11.8. The highest BCUT2D eigenvalue weighted by Gasteiger charge is 2.50. The van der Waals surface area contributed by atoms with Gasteiger partial charge in [0.05, 0.1) is 32.4 Å². The van der Waals surface area contributed by atoms with Crippen LogP contribution in [0.5, 0.6) is 0 Å². The van der Waals surface area contributed by atoms with Crippen LogP contribution in [-0.2, 0) is 46.3 Å². The van der Waals surface area contributed by atoms with Gasteiger partial charge in [0.25, 0.3) is 0 Å². The van der Waals surface area contributed by atoms with Crippen LogP contribution in [-0.4, -0.2) is 104 Å². The molecule has 2 aromatic rings. The summed E-state index contributed by atoms with van der Waals surface area (Å²) in [5.41, 5.74) is 2.07. The number of ketones is 1. The van der Waals surface area contributed by atoms with E-state index in [0.717, 1.165) is 16.7 Å². The molecule has 0 radical (unpaired) electrons. The lowest BCUT2D eigenvalue weighted by atomic mass is 9.92. The molecule has 4 rings (SSSR count). The summed E-state index contributed by atoms with van der Waals surface area (Å²) >= 11 is 0. The lowest BCUT2D eigenvalue weighted by Gasteiger charge is -2.29. The molecule has 0 unspecified atom stereocenters. The summed E-state index contributed by atoms with van der Waals surface area (Å²) in [6.45, 7) is 16.6. The predicted octanol–water partition coefficient (Wildman–Crippen LogP) is 3.71. The lowest BCUT2D eigenvalue weighted by molar-refractivity contribution is -0.135. The van der Waals surface area contributed by atoms with Gasteiger partial charge >= 0.3 is 0 Å². The first-order valence-corrected chi connectivity index (χ1v) is 19.9. The van der Waals surface area contributed by atoms with Gasteiger partial charge in [0.2, 0.25) is 23.6 Å². The number of carbonyl (C=O) groups is 5. The average molecular weight is 762 g/mol. The standard InChI is InChI=1S/C43H63N5O7/c1-28(2)23-35(39(50)43(7)27-55-43)45-42(53)37(25-32-13-16-33(17-14-32)30(5)6)47-41(52)36(24-29(3)4)46-40(51)34(18-15-31-11-9-8-10-12-31)44-38(49)26-48-19-21-54-22-20-48/h8-14,16-17,28-30,34-37H,15,18-27H2,1-7H3,(H,44,49)(H,45,53)(H,46,51)(H,47,52)/t34-,35-,36-,37-,43+/m0/s1. The minimum Gasteiger partial charge on any atom is -0.379 e. The van der Waals surface area contributed by atoms with Gasteiger partial charge in [-0.1, -0.05) is 96.1 Å². The quantitative estimate of drug-likeness (QED) is 0.140. The zero-order valence-electron chi connectivity index (χ0n) is 33.8. The molecular weight excluding hydrogens is 699 g/mol. The van der Waals surface area contributed by atoms with E-state index in [1.807, 2.05) is 87.2 Å². The number of carbonyl (C=O) groups excluding carboxylic acids is 5. The number of aryl methyl sites for hydroxylation is 1. The third kappa shape index (κ3) is 14.1. The van der Waals surface area contributed by atoms with Gasteiger partial charge in [-0.15, -0.1) is 0 Å². The fourth-order valence-corrected chi connectivity index (χ4v) is 6.75. The summed E-state index contributed by atoms with van der Waals surface area (Å²) in [4.78, 5) is 71.0. The molecule has 4 N–H and O–H groups in total. The second-order valence-corrected chi connectivity index (χ2v) is 16.5. The molecule has 2 aliphatic heterocycles. The smallest absolute Gasteiger partial charge is 0.243 e. The van der Waals surface area contributed by atoms with E-state index in [9.17, 15) is 24.0 Å². The van der Waals surface area contributed by atoms with Crippen molar-refractivity contribution in [1.29, 1.82) is 0 Å². The highest BCUT2D eigenvalue weighted by molar-refractivity contribution is 5.98. The van der Waals surface area contributed by atoms with Crippen molar-refractivity contribution in [3.05, 3.63) is 71.3 Å². The molecule has 0 bridgehead atoms. The van der Waals surface area contributed by atoms with Crippen molar-refractivity contribution in [1.82, 2.24) is 26.2 Å². The monoisotopic (exact) mass is 761 g/mol. The number of hydrogen-bond acceptors (Lipinski definition) is 8. The number of nitrogens with zero attached hydrogens (tertiary/aromatic N) is 1. The summed E-state index contributed by atoms with van der Waals surface area (Å²) < 4.78 is 10.9. The van der Waals surface area contributed by atoms with Crippen LogP contribution in [0.2, 0.25) is 0 Å². The van der Waals surface area contributed by atoms with Crippen LogP contribution in [0.25, 0.3) is 0 Å². The molecule has 0 saturated carbocycles. The van der Waals surface area contributed by atoms with Crippen molar-refractivity contribution in [2.75, 3.05) is 39.5 Å². The number of hydrogen-bond donors (Lipinski definition) is 4. The van der Waals surface area contributed by atoms with E-state index in [1.165, 1.54) is 0 Å². The van der Waals surface area contributed by atoms with Gasteiger partial charge in [-0.05, 0) is 67.1 Å². The first-order chi connectivity index (χ1) is 26.1. The fraction of sp³-hybridized carbons (Fsp3) is 0.605. The normalized spacial score (nSPS) is 19.3. The molecule has 0 aromatic heterocycles. The van der Waals surface area contributed by atoms with E-state index >= 15 is 0 Å². The second kappa shape index (κ2) is 20.7. The number of benzene rings is 2. The number of morpholine rings is 1. The Hall–Kier alpha value is -4.13. The van der Waals surface area contributed by atoms with Crippen LogP contribution in [0, 0.1) is 11.8 Å². The van der Waals surface area contributed by atoms with Crippen molar-refractivity contribution in [2.24, 2.45) is 11.8 Å². The molecule has 4 amide bonds. The van der Waals surface area contributed by atoms with Crippen molar-refractivity contribution >= 4 is 29.4 Å². The van der Waals surface area contributed by atoms with E-state index < -0.39 is 47.5 Å². The van der Waals surface area contributed by atoms with Crippen LogP contribution < -0.4 is 21.3 Å². The fourth-order valence-electron chi connectivity index (χ4n) is 6.75. The minimum atomic E-state index is -1.04. The van der Waals surface area contributed by atoms with Gasteiger partial charge in [0.15, 0.2) is 5.78 Å². The molecular formula is C43H63N5O7. The molecule has 2 fully saturated rings. The van der Waals surface area contributed by atoms with Gasteiger partial charge in [0.1, 0.15) is 23.7 Å². The van der Waals surface area contributed by atoms with Crippen molar-refractivity contribution in [3.63, 3.8) is 0 Å². The highest BCUT2D eigenvalue weighted by Crippen LogP contribution is 2.30. The molecule has 0 spiro atoms. The number of rotatable bonds is 21. The third-order valence-corrected chi connectivity index (χ3v) is 10.2. The Balaban J connectivity index is 1.54. The maximum atomic E-state index is 14.2. The highest BCUT2D eigenvalue weighted by atomic mass is 16.6. The maximum Gasteiger partial charge on any atom is 0.243 e. The maximum absolute atomic E-state index is 14.2. The van der Waals surface area contributed by atoms with Crippen molar-refractivity contribution < 1.29 is 33.4 Å². The largest absolute Gasteiger partial charge is 0.379 e. The third-order valence-electron chi connectivity index (χ3n) is 10.2. The molecule has 12 heteroatoms. The Morgan fingerprint density at radius 1 is 0.691 bits per heavy atom. The van der Waals surface area contributed by atoms with E-state index in [2.05, 4.69) is 35.1 Å². The number of epoxide rings is 1. The van der Waals surface area contributed by atoms with Crippen LogP contribution in [0.4, 0.5) is 0 Å². The molecule has 0 aliphatic carbocycles. The Morgan fingerprint density at radius 3 is 1.82 bits per heavy atom. The van der Waals surface area contributed by atoms with E-state index in [4.69, 9.17) is 9.47 Å². The molecule has 302 valence electrons. The van der Waals surface area contributed by atoms with E-state index in [-0.39, 0.29) is 36.5 Å². The molecule has 5 atom stereocenters. The minimum absolute atomic E-state index is 0.0120. The Labute approximate surface area is 327 Å². The Bertz CT molecular complexity index is 1570. The number of amides is 4. The second-order valence-electron chi connectivity index (χ2n) is 16.5. The van der Waals surface area contributed by atoms with Crippen molar-refractivity contribution in [2.45, 2.75) is 116 Å². The molecule has 55 heavy (non-hydrogen) atoms. The van der Waals surface area contributed by atoms with Gasteiger partial charge in [-0.25, -0.2) is 0 Å². The summed E-state index contributed by atoms with van der Waals surface area (Å²) in [7, 11) is 0. The molecule has 2 heterocycles. The number of Topliss-reactive ketones (excluding diaryl/α,β-unsaturated/α-hetero) is 1. The summed E-state index contributed by atoms with van der Waals surface area (Å²) in [5.74, 6) is -1.51. The van der Waals surface area contributed by atoms with Gasteiger partial charge in [0, 0.05) is 19.5 Å². The molecule has 2 aliphatic rings. The predicted molar refractivity (Wildman–Crippen MR) is 212 cm³/mol. The zero-order chi connectivity index (χ0) is 40.1. The first kappa shape index (κ1) is 43.6. The van der Waals surface area contributed by atoms with Gasteiger partial charge in [-0.3, -0.25) is 28.9 Å². The van der Waals surface area contributed by atoms with E-state index in [0.29, 0.717) is 64.5 Å². The molecule has 2 saturated heterocycles. The SMILES string of the molecule is CC(C)C[C@H](NC(=O)[C@H](CCc1ccccc1)NC(=O)CN1CCOCC1)C(=O)N[C@@H](Cc1ccc(C(C)C)cc1)C(=O)N[C@@H](CC(C)C)C(=O)[C@@]1(C)CO1. The van der Waals surface area contributed by atoms with Crippen LogP contribution in [0.15, 0.2) is 54.6 Å². The van der Waals surface area contributed by atoms with Crippen LogP contribution >= 0.6 is 0 Å². The van der Waals surface area contributed by atoms with Crippen LogP contribution in [0.3, 0.4) is 0 Å². The summed E-state index contributed by atoms with van der Waals surface area (Å²) in [6.07, 6.45) is 1.75. The average Bonchev–Trinajstić information content (AvgIpc) is 3.90. The topological polar surface area (TPSA) is 158 Å². The molecule has 12 nitrogen and oxygen atoms in total. The lowest BCUT2D eigenvalue weighted by Crippen LogP contribution is -2.59. The van der Waals surface area contributed by atoms with Crippen molar-refractivity contribution in [3.8, 4) is 0 Å². The molecule has 2 aromatic carbocycles. The van der Waals surface area contributed by atoms with E-state index in [1.54, 1.807) is 6.92 Å². The van der Waals surface area contributed by atoms with Crippen LogP contribution in [0.1, 0.15) is 90.3 Å². The van der Waals surface area contributed by atoms with Gasteiger partial charge < -0.3 is 30.7 Å². The Morgan fingerprint density at radius 2 is 1.24 bits per heavy atom. The summed E-state index contributed by atoms with van der Waals surface area (Å²) in [6, 6.07) is 13.9.